The molecule has 8 heteroatoms. The highest BCUT2D eigenvalue weighted by Crippen LogP contribution is 2.61. The predicted molar refractivity (Wildman–Crippen MR) is 122 cm³/mol. The highest BCUT2D eigenvalue weighted by molar-refractivity contribution is 5.75. The van der Waals surface area contributed by atoms with E-state index in [-0.39, 0.29) is 24.1 Å². The highest BCUT2D eigenvalue weighted by Gasteiger charge is 2.56. The maximum Gasteiger partial charge on any atom is 0.269 e. The molecule has 172 valence electrons. The number of nitrogens with one attached hydrogen (secondary N) is 2. The summed E-state index contributed by atoms with van der Waals surface area (Å²) >= 11 is 0. The van der Waals surface area contributed by atoms with E-state index in [0.29, 0.717) is 47.9 Å². The van der Waals surface area contributed by atoms with Gasteiger partial charge in [0.2, 0.25) is 5.91 Å². The first-order valence-corrected chi connectivity index (χ1v) is 11.5. The number of hydrogen-bond donors (Lipinski definition) is 2. The molecule has 3 fully saturated rings. The molecule has 1 amide bonds. The molecule has 3 aliphatic rings. The van der Waals surface area contributed by atoms with Crippen molar-refractivity contribution < 1.29 is 9.53 Å². The zero-order valence-electron chi connectivity index (χ0n) is 19.3. The summed E-state index contributed by atoms with van der Waals surface area (Å²) in [6.45, 7) is 9.53. The van der Waals surface area contributed by atoms with Gasteiger partial charge in [-0.1, -0.05) is 20.8 Å². The zero-order valence-corrected chi connectivity index (χ0v) is 19.3. The van der Waals surface area contributed by atoms with Crippen molar-refractivity contribution in [2.75, 3.05) is 11.9 Å². The van der Waals surface area contributed by atoms with Crippen LogP contribution in [0.2, 0.25) is 0 Å². The summed E-state index contributed by atoms with van der Waals surface area (Å²) < 4.78 is 6.88. The Kier molecular flexibility index (Phi) is 6.22. The third-order valence-corrected chi connectivity index (χ3v) is 7.47. The second kappa shape index (κ2) is 8.92. The van der Waals surface area contributed by atoms with Crippen LogP contribution in [-0.4, -0.2) is 33.3 Å². The lowest BCUT2D eigenvalue weighted by atomic mass is 9.45. The molecule has 4 atom stereocenters. The summed E-state index contributed by atoms with van der Waals surface area (Å²) in [7, 11) is 0. The number of pyridine rings is 1. The van der Waals surface area contributed by atoms with Crippen molar-refractivity contribution in [3.63, 3.8) is 0 Å². The largest absolute Gasteiger partial charge is 0.475 e. The number of aromatic nitrogens is 3. The van der Waals surface area contributed by atoms with Gasteiger partial charge in [-0.15, -0.1) is 5.10 Å². The SMILES string of the molecule is CCOc1nn(CC(=O)NCc2ccncc2)c(=O)cc1N[C@@H]1C[C@@H]2C[C@H]([C@H]1C)C2(C)C. The van der Waals surface area contributed by atoms with Crippen molar-refractivity contribution >= 4 is 11.6 Å². The Morgan fingerprint density at radius 3 is 2.69 bits per heavy atom. The minimum absolute atomic E-state index is 0.164. The molecular weight excluding hydrogens is 406 g/mol. The van der Waals surface area contributed by atoms with Gasteiger partial charge >= 0.3 is 0 Å². The topological polar surface area (TPSA) is 98.1 Å². The van der Waals surface area contributed by atoms with Crippen molar-refractivity contribution in [3.05, 3.63) is 46.5 Å². The molecule has 0 aliphatic heterocycles. The molecule has 2 aromatic heterocycles. The molecule has 2 bridgehead atoms. The van der Waals surface area contributed by atoms with Crippen LogP contribution >= 0.6 is 0 Å². The van der Waals surface area contributed by atoms with Crippen molar-refractivity contribution in [2.45, 2.75) is 59.7 Å². The predicted octanol–water partition coefficient (Wildman–Crippen LogP) is 2.84. The van der Waals surface area contributed by atoms with E-state index < -0.39 is 0 Å². The monoisotopic (exact) mass is 439 g/mol. The van der Waals surface area contributed by atoms with Gasteiger partial charge in [-0.2, -0.15) is 0 Å². The van der Waals surface area contributed by atoms with Crippen molar-refractivity contribution in [1.29, 1.82) is 0 Å². The van der Waals surface area contributed by atoms with Gasteiger partial charge in [0.05, 0.1) is 6.61 Å². The fourth-order valence-electron chi connectivity index (χ4n) is 5.37. The fourth-order valence-corrected chi connectivity index (χ4v) is 5.37. The molecule has 32 heavy (non-hydrogen) atoms. The molecule has 3 aliphatic carbocycles. The quantitative estimate of drug-likeness (QED) is 0.656. The van der Waals surface area contributed by atoms with Crippen LogP contribution in [0.15, 0.2) is 35.4 Å². The number of hydrogen-bond acceptors (Lipinski definition) is 6. The van der Waals surface area contributed by atoms with Gasteiger partial charge in [0.25, 0.3) is 11.4 Å². The summed E-state index contributed by atoms with van der Waals surface area (Å²) in [5.41, 5.74) is 1.61. The summed E-state index contributed by atoms with van der Waals surface area (Å²) in [5.74, 6) is 1.97. The van der Waals surface area contributed by atoms with E-state index in [1.807, 2.05) is 19.1 Å². The third kappa shape index (κ3) is 4.36. The number of ether oxygens (including phenoxy) is 1. The molecule has 2 aromatic rings. The zero-order chi connectivity index (χ0) is 22.9. The lowest BCUT2D eigenvalue weighted by molar-refractivity contribution is -0.122. The Morgan fingerprint density at radius 2 is 2.03 bits per heavy atom. The third-order valence-electron chi connectivity index (χ3n) is 7.47. The summed E-state index contributed by atoms with van der Waals surface area (Å²) in [5, 5.41) is 10.7. The Morgan fingerprint density at radius 1 is 1.28 bits per heavy atom. The van der Waals surface area contributed by atoms with Crippen LogP contribution in [-0.2, 0) is 17.9 Å². The molecule has 2 heterocycles. The maximum atomic E-state index is 12.7. The molecule has 5 rings (SSSR count). The molecule has 8 nitrogen and oxygen atoms in total. The molecule has 2 N–H and O–H groups in total. The number of nitrogens with zero attached hydrogens (tertiary/aromatic N) is 3. The second-order valence-corrected chi connectivity index (χ2v) is 9.63. The van der Waals surface area contributed by atoms with Crippen LogP contribution in [0.3, 0.4) is 0 Å². The average Bonchev–Trinajstić information content (AvgIpc) is 2.77. The van der Waals surface area contributed by atoms with Gasteiger partial charge in [-0.05, 0) is 60.6 Å². The van der Waals surface area contributed by atoms with Gasteiger partial charge in [-0.25, -0.2) is 4.68 Å². The van der Waals surface area contributed by atoms with Gasteiger partial charge in [0, 0.05) is 31.0 Å². The Balaban J connectivity index is 1.45. The fraction of sp³-hybridized carbons (Fsp3) is 0.583. The first-order valence-electron chi connectivity index (χ1n) is 11.5. The number of amides is 1. The van der Waals surface area contributed by atoms with E-state index in [1.54, 1.807) is 12.4 Å². The maximum absolute atomic E-state index is 12.7. The number of anilines is 1. The van der Waals surface area contributed by atoms with E-state index in [2.05, 4.69) is 41.5 Å². The van der Waals surface area contributed by atoms with E-state index in [1.165, 1.54) is 12.5 Å². The molecule has 0 unspecified atom stereocenters. The molecule has 3 saturated carbocycles. The minimum Gasteiger partial charge on any atom is -0.475 e. The van der Waals surface area contributed by atoms with Gasteiger partial charge in [0.15, 0.2) is 0 Å². The lowest BCUT2D eigenvalue weighted by Crippen LogP contribution is -2.58. The number of carbonyl (C=O) groups is 1. The standard InChI is InChI=1S/C24H33N5O3/c1-5-32-23-20(27-19-11-17-10-18(15(19)2)24(17,3)4)12-22(31)29(28-23)14-21(30)26-13-16-6-8-25-9-7-16/h6-9,12,15,17-19,27H,5,10-11,13-14H2,1-4H3,(H,26,30)/t15-,17+,18-,19-/m1/s1. The van der Waals surface area contributed by atoms with E-state index in [4.69, 9.17) is 4.74 Å². The summed E-state index contributed by atoms with van der Waals surface area (Å²) in [6, 6.07) is 5.45. The lowest BCUT2D eigenvalue weighted by Gasteiger charge is -2.62. The first-order chi connectivity index (χ1) is 15.3. The summed E-state index contributed by atoms with van der Waals surface area (Å²) in [4.78, 5) is 29.1. The van der Waals surface area contributed by atoms with Crippen LogP contribution in [0, 0.1) is 23.2 Å². The smallest absolute Gasteiger partial charge is 0.269 e. The van der Waals surface area contributed by atoms with Crippen LogP contribution in [0.5, 0.6) is 5.88 Å². The number of fused-ring (bicyclic) bond motifs is 2. The van der Waals surface area contributed by atoms with Crippen LogP contribution < -0.4 is 20.9 Å². The molecule has 0 radical (unpaired) electrons. The van der Waals surface area contributed by atoms with Gasteiger partial charge in [0.1, 0.15) is 12.2 Å². The van der Waals surface area contributed by atoms with Crippen molar-refractivity contribution in [3.8, 4) is 5.88 Å². The Hall–Kier alpha value is -2.90. The van der Waals surface area contributed by atoms with E-state index >= 15 is 0 Å². The molecule has 0 spiro atoms. The van der Waals surface area contributed by atoms with Gasteiger partial charge < -0.3 is 15.4 Å². The van der Waals surface area contributed by atoms with Crippen LogP contribution in [0.25, 0.3) is 0 Å². The highest BCUT2D eigenvalue weighted by atomic mass is 16.5. The molecule has 0 saturated heterocycles. The Labute approximate surface area is 188 Å². The average molecular weight is 440 g/mol. The van der Waals surface area contributed by atoms with Gasteiger partial charge in [-0.3, -0.25) is 14.6 Å². The van der Waals surface area contributed by atoms with Crippen molar-refractivity contribution in [2.24, 2.45) is 23.2 Å². The van der Waals surface area contributed by atoms with E-state index in [9.17, 15) is 9.59 Å². The summed E-state index contributed by atoms with van der Waals surface area (Å²) in [6.07, 6.45) is 5.71. The van der Waals surface area contributed by atoms with Crippen molar-refractivity contribution in [1.82, 2.24) is 20.1 Å². The van der Waals surface area contributed by atoms with Crippen LogP contribution in [0.4, 0.5) is 5.69 Å². The second-order valence-electron chi connectivity index (χ2n) is 9.63. The number of carbonyl (C=O) groups excluding carboxylic acids is 1. The molecule has 0 aromatic carbocycles. The Bertz CT molecular complexity index is 1020. The van der Waals surface area contributed by atoms with Crippen LogP contribution in [0.1, 0.15) is 46.1 Å². The number of rotatable bonds is 8. The normalized spacial score (nSPS) is 25.5. The minimum atomic E-state index is -0.330. The molecular formula is C24H33N5O3. The van der Waals surface area contributed by atoms with E-state index in [0.717, 1.165) is 16.7 Å². The first kappa shape index (κ1) is 22.3.